The van der Waals surface area contributed by atoms with Gasteiger partial charge >= 0.3 is 0 Å². The molecule has 2 aromatic carbocycles. The predicted octanol–water partition coefficient (Wildman–Crippen LogP) is 2.95. The lowest BCUT2D eigenvalue weighted by Crippen LogP contribution is -2.26. The third kappa shape index (κ3) is 3.23. The molecule has 0 atom stereocenters. The van der Waals surface area contributed by atoms with Crippen LogP contribution < -0.4 is 0 Å². The lowest BCUT2D eigenvalue weighted by Gasteiger charge is -2.17. The maximum Gasteiger partial charge on any atom is 0.243 e. The van der Waals surface area contributed by atoms with Crippen LogP contribution in [0.4, 0.5) is 4.39 Å². The van der Waals surface area contributed by atoms with Crippen molar-refractivity contribution in [3.63, 3.8) is 0 Å². The van der Waals surface area contributed by atoms with Crippen LogP contribution >= 0.6 is 0 Å². The van der Waals surface area contributed by atoms with Crippen molar-refractivity contribution < 1.29 is 12.8 Å². The highest BCUT2D eigenvalue weighted by molar-refractivity contribution is 7.89. The van der Waals surface area contributed by atoms with E-state index in [4.69, 9.17) is 0 Å². The molecule has 0 radical (unpaired) electrons. The summed E-state index contributed by atoms with van der Waals surface area (Å²) in [6.07, 6.45) is 0. The van der Waals surface area contributed by atoms with Gasteiger partial charge in [0.15, 0.2) is 0 Å². The Morgan fingerprint density at radius 2 is 1.75 bits per heavy atom. The molecule has 2 aromatic rings. The molecule has 0 N–H and O–H groups in total. The van der Waals surface area contributed by atoms with Crippen LogP contribution in [0.5, 0.6) is 0 Å². The van der Waals surface area contributed by atoms with Crippen LogP contribution in [-0.4, -0.2) is 19.8 Å². The lowest BCUT2D eigenvalue weighted by atomic mass is 10.2. The molecule has 0 saturated heterocycles. The second-order valence-corrected chi connectivity index (χ2v) is 6.75. The highest BCUT2D eigenvalue weighted by atomic mass is 32.2. The minimum absolute atomic E-state index is 0.205. The maximum atomic E-state index is 12.8. The quantitative estimate of drug-likeness (QED) is 0.869. The zero-order valence-electron chi connectivity index (χ0n) is 11.4. The van der Waals surface area contributed by atoms with Crippen LogP contribution in [0.1, 0.15) is 11.1 Å². The summed E-state index contributed by atoms with van der Waals surface area (Å²) in [5.74, 6) is -0.335. The summed E-state index contributed by atoms with van der Waals surface area (Å²) in [6.45, 7) is 2.05. The first-order chi connectivity index (χ1) is 9.39. The Kier molecular flexibility index (Phi) is 4.20. The number of rotatable bonds is 4. The van der Waals surface area contributed by atoms with Crippen molar-refractivity contribution in [2.45, 2.75) is 18.4 Å². The van der Waals surface area contributed by atoms with Gasteiger partial charge in [0.05, 0.1) is 4.90 Å². The van der Waals surface area contributed by atoms with Crippen LogP contribution in [0.2, 0.25) is 0 Å². The fourth-order valence-electron chi connectivity index (χ4n) is 1.89. The van der Waals surface area contributed by atoms with E-state index in [1.165, 1.54) is 23.5 Å². The van der Waals surface area contributed by atoms with Crippen molar-refractivity contribution in [3.8, 4) is 0 Å². The van der Waals surface area contributed by atoms with Gasteiger partial charge in [-0.05, 0) is 42.3 Å². The molecule has 0 fully saturated rings. The number of benzene rings is 2. The number of hydrogen-bond acceptors (Lipinski definition) is 2. The molecule has 106 valence electrons. The summed E-state index contributed by atoms with van der Waals surface area (Å²) >= 11 is 0. The Morgan fingerprint density at radius 3 is 2.35 bits per heavy atom. The standard InChI is InChI=1S/C15H16FNO2S/c1-12-4-3-5-15(10-12)20(18,19)17(2)11-13-6-8-14(16)9-7-13/h3-10H,11H2,1-2H3. The average Bonchev–Trinajstić information content (AvgIpc) is 2.41. The van der Waals surface area contributed by atoms with Gasteiger partial charge in [0.25, 0.3) is 0 Å². The van der Waals surface area contributed by atoms with Crippen molar-refractivity contribution in [2.24, 2.45) is 0 Å². The largest absolute Gasteiger partial charge is 0.243 e. The zero-order valence-corrected chi connectivity index (χ0v) is 12.2. The van der Waals surface area contributed by atoms with Gasteiger partial charge in [-0.2, -0.15) is 4.31 Å². The maximum absolute atomic E-state index is 12.8. The summed E-state index contributed by atoms with van der Waals surface area (Å²) in [5.41, 5.74) is 1.63. The van der Waals surface area contributed by atoms with Gasteiger partial charge in [0.2, 0.25) is 10.0 Å². The second-order valence-electron chi connectivity index (χ2n) is 4.70. The van der Waals surface area contributed by atoms with Crippen LogP contribution in [0.25, 0.3) is 0 Å². The molecule has 20 heavy (non-hydrogen) atoms. The molecular weight excluding hydrogens is 277 g/mol. The second kappa shape index (κ2) is 5.73. The number of halogens is 1. The Morgan fingerprint density at radius 1 is 1.10 bits per heavy atom. The van der Waals surface area contributed by atoms with Gasteiger partial charge in [0, 0.05) is 13.6 Å². The van der Waals surface area contributed by atoms with E-state index in [9.17, 15) is 12.8 Å². The van der Waals surface area contributed by atoms with Crippen molar-refractivity contribution in [1.82, 2.24) is 4.31 Å². The number of aryl methyl sites for hydroxylation is 1. The molecule has 0 aromatic heterocycles. The summed E-state index contributed by atoms with van der Waals surface area (Å²) in [7, 11) is -2.02. The topological polar surface area (TPSA) is 37.4 Å². The summed E-state index contributed by atoms with van der Waals surface area (Å²) in [4.78, 5) is 0.266. The molecule has 0 amide bonds. The van der Waals surface area contributed by atoms with Crippen LogP contribution in [0.15, 0.2) is 53.4 Å². The first kappa shape index (κ1) is 14.7. The number of sulfonamides is 1. The number of hydrogen-bond donors (Lipinski definition) is 0. The molecule has 0 heterocycles. The molecule has 3 nitrogen and oxygen atoms in total. The van der Waals surface area contributed by atoms with Crippen molar-refractivity contribution >= 4 is 10.0 Å². The van der Waals surface area contributed by atoms with Gasteiger partial charge in [-0.3, -0.25) is 0 Å². The Labute approximate surface area is 118 Å². The van der Waals surface area contributed by atoms with E-state index in [1.54, 1.807) is 30.3 Å². The van der Waals surface area contributed by atoms with E-state index < -0.39 is 10.0 Å². The van der Waals surface area contributed by atoms with Crippen LogP contribution in [0, 0.1) is 12.7 Å². The highest BCUT2D eigenvalue weighted by Crippen LogP contribution is 2.17. The average molecular weight is 293 g/mol. The van der Waals surface area contributed by atoms with Crippen molar-refractivity contribution in [3.05, 3.63) is 65.5 Å². The van der Waals surface area contributed by atoms with Gasteiger partial charge < -0.3 is 0 Å². The Bertz CT molecular complexity index is 696. The zero-order chi connectivity index (χ0) is 14.8. The van der Waals surface area contributed by atoms with E-state index >= 15 is 0 Å². The van der Waals surface area contributed by atoms with Gasteiger partial charge in [0.1, 0.15) is 5.82 Å². The molecule has 0 aliphatic carbocycles. The molecule has 0 bridgehead atoms. The van der Waals surface area contributed by atoms with E-state index in [-0.39, 0.29) is 17.3 Å². The van der Waals surface area contributed by atoms with Crippen molar-refractivity contribution in [2.75, 3.05) is 7.05 Å². The highest BCUT2D eigenvalue weighted by Gasteiger charge is 2.20. The first-order valence-corrected chi connectivity index (χ1v) is 7.61. The molecule has 0 unspecified atom stereocenters. The first-order valence-electron chi connectivity index (χ1n) is 6.17. The minimum atomic E-state index is -3.53. The molecule has 0 aliphatic rings. The van der Waals surface area contributed by atoms with Gasteiger partial charge in [-0.1, -0.05) is 24.3 Å². The molecule has 2 rings (SSSR count). The lowest BCUT2D eigenvalue weighted by molar-refractivity contribution is 0.466. The third-order valence-electron chi connectivity index (χ3n) is 3.02. The Balaban J connectivity index is 2.23. The van der Waals surface area contributed by atoms with Crippen molar-refractivity contribution in [1.29, 1.82) is 0 Å². The predicted molar refractivity (Wildman–Crippen MR) is 76.2 cm³/mol. The summed E-state index contributed by atoms with van der Waals surface area (Å²) in [6, 6.07) is 12.6. The fraction of sp³-hybridized carbons (Fsp3) is 0.200. The van der Waals surface area contributed by atoms with Gasteiger partial charge in [-0.15, -0.1) is 0 Å². The molecule has 5 heteroatoms. The monoisotopic (exact) mass is 293 g/mol. The smallest absolute Gasteiger partial charge is 0.207 e. The third-order valence-corrected chi connectivity index (χ3v) is 4.82. The van der Waals surface area contributed by atoms with E-state index in [0.29, 0.717) is 0 Å². The number of nitrogens with zero attached hydrogens (tertiary/aromatic N) is 1. The molecular formula is C15H16FNO2S. The molecule has 0 spiro atoms. The molecule has 0 saturated carbocycles. The SMILES string of the molecule is Cc1cccc(S(=O)(=O)N(C)Cc2ccc(F)cc2)c1. The van der Waals surface area contributed by atoms with E-state index in [2.05, 4.69) is 0 Å². The van der Waals surface area contributed by atoms with E-state index in [1.807, 2.05) is 13.0 Å². The summed E-state index contributed by atoms with van der Waals surface area (Å²) in [5, 5.41) is 0. The summed E-state index contributed by atoms with van der Waals surface area (Å²) < 4.78 is 38.9. The van der Waals surface area contributed by atoms with Crippen LogP contribution in [0.3, 0.4) is 0 Å². The molecule has 0 aliphatic heterocycles. The fourth-order valence-corrected chi connectivity index (χ4v) is 3.15. The van der Waals surface area contributed by atoms with Crippen LogP contribution in [-0.2, 0) is 16.6 Å². The van der Waals surface area contributed by atoms with Gasteiger partial charge in [-0.25, -0.2) is 12.8 Å². The normalized spacial score (nSPS) is 11.8. The van der Waals surface area contributed by atoms with E-state index in [0.717, 1.165) is 11.1 Å². The minimum Gasteiger partial charge on any atom is -0.207 e. The Hall–Kier alpha value is -1.72.